The molecule has 1 fully saturated rings. The van der Waals surface area contributed by atoms with Crippen molar-refractivity contribution in [3.8, 4) is 5.75 Å². The normalized spacial score (nSPS) is 15.1. The van der Waals surface area contributed by atoms with Gasteiger partial charge in [0.25, 0.3) is 0 Å². The van der Waals surface area contributed by atoms with Crippen LogP contribution in [0.1, 0.15) is 36.8 Å². The number of ether oxygens (including phenoxy) is 1. The van der Waals surface area contributed by atoms with Gasteiger partial charge in [0.1, 0.15) is 5.75 Å². The van der Waals surface area contributed by atoms with E-state index >= 15 is 0 Å². The van der Waals surface area contributed by atoms with Crippen molar-refractivity contribution in [3.63, 3.8) is 0 Å². The number of carbonyl (C=O) groups is 3. The average Bonchev–Trinajstić information content (AvgIpc) is 2.85. The van der Waals surface area contributed by atoms with Gasteiger partial charge in [-0.2, -0.15) is 0 Å². The Bertz CT molecular complexity index is 1050. The molecule has 3 rings (SSSR count). The average molecular weight is 521 g/mol. The Morgan fingerprint density at radius 1 is 1.05 bits per heavy atom. The van der Waals surface area contributed by atoms with Crippen molar-refractivity contribution in [3.05, 3.63) is 47.8 Å². The minimum Gasteiger partial charge on any atom is -0.496 e. The topological polar surface area (TPSA) is 203 Å². The Balaban J connectivity index is 0.000000317. The molecule has 1 aromatic carbocycles. The highest BCUT2D eigenvalue weighted by Crippen LogP contribution is 2.38. The third-order valence-electron chi connectivity index (χ3n) is 5.91. The van der Waals surface area contributed by atoms with Crippen LogP contribution in [0.4, 0.5) is 5.95 Å². The van der Waals surface area contributed by atoms with Gasteiger partial charge in [0.15, 0.2) is 5.60 Å². The lowest BCUT2D eigenvalue weighted by Gasteiger charge is -2.39. The second-order valence-electron chi connectivity index (χ2n) is 8.65. The van der Waals surface area contributed by atoms with Crippen molar-refractivity contribution in [2.45, 2.75) is 43.4 Å². The van der Waals surface area contributed by atoms with Gasteiger partial charge in [-0.3, -0.25) is 14.5 Å². The number of aliphatic carboxylic acids is 3. The molecule has 2 heterocycles. The lowest BCUT2D eigenvalue weighted by atomic mass is 9.84. The molecule has 0 aliphatic carbocycles. The Morgan fingerprint density at radius 3 is 2.05 bits per heavy atom. The van der Waals surface area contributed by atoms with Crippen LogP contribution in [0.5, 0.6) is 5.75 Å². The molecule has 0 amide bonds. The number of aliphatic hydroxyl groups is 2. The van der Waals surface area contributed by atoms with Gasteiger partial charge >= 0.3 is 17.9 Å². The summed E-state index contributed by atoms with van der Waals surface area (Å²) >= 11 is 0. The largest absolute Gasteiger partial charge is 0.496 e. The van der Waals surface area contributed by atoms with Gasteiger partial charge in [0.2, 0.25) is 5.95 Å². The van der Waals surface area contributed by atoms with Crippen LogP contribution in [0, 0.1) is 0 Å². The number of carboxylic acid groups (broad SMARTS) is 3. The monoisotopic (exact) mass is 520 g/mol. The molecule has 0 spiro atoms. The first-order chi connectivity index (χ1) is 17.4. The molecule has 0 bridgehead atoms. The lowest BCUT2D eigenvalue weighted by Crippen LogP contribution is -2.42. The van der Waals surface area contributed by atoms with Gasteiger partial charge in [-0.05, 0) is 18.9 Å². The predicted molar refractivity (Wildman–Crippen MR) is 130 cm³/mol. The highest BCUT2D eigenvalue weighted by molar-refractivity contribution is 5.88. The SMILES string of the molecule is CNc1ncc(CN2CCC(O)(c3ccccc3OC)CC2)cn1.O=C(O)CC(O)(CC(=O)O)C(=O)O. The molecule has 1 aromatic heterocycles. The molecule has 0 unspecified atom stereocenters. The minimum absolute atomic E-state index is 0.628. The number of hydrogen-bond donors (Lipinski definition) is 6. The summed E-state index contributed by atoms with van der Waals surface area (Å²) in [5.41, 5.74) is -1.60. The molecule has 0 radical (unpaired) electrons. The first kappa shape index (κ1) is 29.4. The number of likely N-dealkylation sites (tertiary alicyclic amines) is 1. The molecule has 0 saturated carbocycles. The van der Waals surface area contributed by atoms with Crippen LogP contribution in [0.2, 0.25) is 0 Å². The van der Waals surface area contributed by atoms with Crippen molar-refractivity contribution < 1.29 is 44.7 Å². The van der Waals surface area contributed by atoms with E-state index in [1.807, 2.05) is 36.7 Å². The van der Waals surface area contributed by atoms with E-state index in [-0.39, 0.29) is 0 Å². The van der Waals surface area contributed by atoms with E-state index in [9.17, 15) is 19.5 Å². The summed E-state index contributed by atoms with van der Waals surface area (Å²) in [5, 5.41) is 47.8. The summed E-state index contributed by atoms with van der Waals surface area (Å²) in [5.74, 6) is -3.64. The first-order valence-corrected chi connectivity index (χ1v) is 11.4. The number of nitrogens with zero attached hydrogens (tertiary/aromatic N) is 3. The van der Waals surface area contributed by atoms with E-state index in [1.165, 1.54) is 0 Å². The van der Waals surface area contributed by atoms with Gasteiger partial charge in [0.05, 0.1) is 25.6 Å². The van der Waals surface area contributed by atoms with E-state index in [0.29, 0.717) is 18.8 Å². The Labute approximate surface area is 213 Å². The van der Waals surface area contributed by atoms with Gasteiger partial charge < -0.3 is 35.6 Å². The van der Waals surface area contributed by atoms with Crippen LogP contribution in [-0.4, -0.2) is 91.2 Å². The van der Waals surface area contributed by atoms with Gasteiger partial charge in [0, 0.05) is 50.2 Å². The maximum absolute atomic E-state index is 11.1. The molecule has 1 aliphatic heterocycles. The van der Waals surface area contributed by atoms with Crippen LogP contribution in [0.15, 0.2) is 36.7 Å². The number of nitrogens with one attached hydrogen (secondary N) is 1. The number of methoxy groups -OCH3 is 1. The van der Waals surface area contributed by atoms with Gasteiger partial charge in [-0.1, -0.05) is 18.2 Å². The van der Waals surface area contributed by atoms with Crippen molar-refractivity contribution >= 4 is 23.9 Å². The number of aromatic nitrogens is 2. The molecule has 13 nitrogen and oxygen atoms in total. The molecule has 6 N–H and O–H groups in total. The van der Waals surface area contributed by atoms with E-state index in [4.69, 9.17) is 25.2 Å². The summed E-state index contributed by atoms with van der Waals surface area (Å²) in [6, 6.07) is 7.73. The summed E-state index contributed by atoms with van der Waals surface area (Å²) < 4.78 is 5.41. The molecule has 1 aliphatic rings. The number of carboxylic acids is 3. The van der Waals surface area contributed by atoms with Crippen LogP contribution < -0.4 is 10.1 Å². The predicted octanol–water partition coefficient (Wildman–Crippen LogP) is 0.762. The van der Waals surface area contributed by atoms with Crippen LogP contribution in [0.25, 0.3) is 0 Å². The van der Waals surface area contributed by atoms with E-state index in [2.05, 4.69) is 20.2 Å². The van der Waals surface area contributed by atoms with Crippen LogP contribution in [-0.2, 0) is 26.5 Å². The molecule has 1 saturated heterocycles. The summed E-state index contributed by atoms with van der Waals surface area (Å²) in [6.45, 7) is 2.44. The molecule has 0 atom stereocenters. The smallest absolute Gasteiger partial charge is 0.336 e. The van der Waals surface area contributed by atoms with Crippen LogP contribution >= 0.6 is 0 Å². The highest BCUT2D eigenvalue weighted by Gasteiger charge is 2.41. The lowest BCUT2D eigenvalue weighted by molar-refractivity contribution is -0.170. The highest BCUT2D eigenvalue weighted by atomic mass is 16.5. The molecule has 37 heavy (non-hydrogen) atoms. The first-order valence-electron chi connectivity index (χ1n) is 11.4. The number of anilines is 1. The van der Waals surface area contributed by atoms with Crippen LogP contribution in [0.3, 0.4) is 0 Å². The van der Waals surface area contributed by atoms with Crippen molar-refractivity contribution in [1.29, 1.82) is 0 Å². The van der Waals surface area contributed by atoms with Gasteiger partial charge in [-0.25, -0.2) is 14.8 Å². The quantitative estimate of drug-likeness (QED) is 0.256. The molecule has 202 valence electrons. The molecular formula is C24H32N4O9. The van der Waals surface area contributed by atoms with Crippen molar-refractivity contribution in [1.82, 2.24) is 14.9 Å². The fourth-order valence-corrected chi connectivity index (χ4v) is 3.92. The standard InChI is InChI=1S/C18H24N4O2.C6H8O7/c1-19-17-20-11-14(12-21-17)13-22-9-7-18(23,8-10-22)15-5-3-4-6-16(15)24-2;7-3(8)1-6(13,5(11)12)2-4(9)10/h3-6,11-12,23H,7-10,13H2,1-2H3,(H,19,20,21);13H,1-2H2,(H,7,8)(H,9,10)(H,11,12). The summed E-state index contributed by atoms with van der Waals surface area (Å²) in [4.78, 5) is 41.3. The van der Waals surface area contributed by atoms with Crippen molar-refractivity contribution in [2.24, 2.45) is 0 Å². The molecule has 13 heteroatoms. The Morgan fingerprint density at radius 2 is 1.59 bits per heavy atom. The third-order valence-corrected chi connectivity index (χ3v) is 5.91. The number of hydrogen-bond acceptors (Lipinski definition) is 10. The maximum Gasteiger partial charge on any atom is 0.336 e. The number of benzene rings is 1. The second-order valence-corrected chi connectivity index (χ2v) is 8.65. The second kappa shape index (κ2) is 12.9. The Kier molecular flexibility index (Phi) is 10.3. The fourth-order valence-electron chi connectivity index (χ4n) is 3.92. The van der Waals surface area contributed by atoms with E-state index in [0.717, 1.165) is 36.5 Å². The minimum atomic E-state index is -2.74. The number of piperidine rings is 1. The zero-order valence-corrected chi connectivity index (χ0v) is 20.6. The zero-order chi connectivity index (χ0) is 27.6. The maximum atomic E-state index is 11.1. The number of rotatable bonds is 10. The van der Waals surface area contributed by atoms with Gasteiger partial charge in [-0.15, -0.1) is 0 Å². The number of para-hydroxylation sites is 1. The van der Waals surface area contributed by atoms with E-state index in [1.54, 1.807) is 14.2 Å². The fraction of sp³-hybridized carbons (Fsp3) is 0.458. The summed E-state index contributed by atoms with van der Waals surface area (Å²) in [7, 11) is 3.45. The Hall–Kier alpha value is -3.81. The molecule has 2 aromatic rings. The summed E-state index contributed by atoms with van der Waals surface area (Å²) in [6.07, 6.45) is 2.77. The third kappa shape index (κ3) is 8.37. The molecular weight excluding hydrogens is 488 g/mol. The van der Waals surface area contributed by atoms with E-state index < -0.39 is 42.0 Å². The zero-order valence-electron chi connectivity index (χ0n) is 20.6. The van der Waals surface area contributed by atoms with Crippen molar-refractivity contribution in [2.75, 3.05) is 32.6 Å².